The molecule has 3 amide bonds. The lowest BCUT2D eigenvalue weighted by Gasteiger charge is -2.26. The van der Waals surface area contributed by atoms with Gasteiger partial charge in [-0.15, -0.1) is 0 Å². The lowest BCUT2D eigenvalue weighted by molar-refractivity contribution is -0.129. The van der Waals surface area contributed by atoms with Gasteiger partial charge < -0.3 is 25.0 Å². The van der Waals surface area contributed by atoms with Gasteiger partial charge in [0.1, 0.15) is 11.5 Å². The molecule has 3 aliphatic rings. The first-order valence-corrected chi connectivity index (χ1v) is 13.8. The highest BCUT2D eigenvalue weighted by Gasteiger charge is 2.48. The molecule has 9 nitrogen and oxygen atoms in total. The highest BCUT2D eigenvalue weighted by Crippen LogP contribution is 2.41. The number of amides is 3. The average molecular weight is 530 g/mol. The van der Waals surface area contributed by atoms with Crippen molar-refractivity contribution < 1.29 is 19.1 Å². The van der Waals surface area contributed by atoms with Crippen LogP contribution in [0.25, 0.3) is 10.8 Å². The van der Waals surface area contributed by atoms with E-state index in [-0.39, 0.29) is 24.0 Å². The van der Waals surface area contributed by atoms with E-state index in [1.165, 1.54) is 0 Å². The molecule has 3 atom stereocenters. The first-order chi connectivity index (χ1) is 19.0. The molecular formula is C30H35N5O4. The van der Waals surface area contributed by atoms with Crippen LogP contribution >= 0.6 is 0 Å². The third kappa shape index (κ3) is 5.84. The standard InChI is InChI=1S/C30H35N5O4/c1-20(36)35-12-4-7-28(35)25-17-27(25)33-30(37)32-26-10-11-29(24-6-3-2-5-23(24)26)39-22-9-8-21(31-18-22)19-34-13-15-38-16-14-34/h2-3,5-6,8-11,18,25,27-28H,4,7,12-17,19H2,1H3,(H2,32,33,37). The van der Waals surface area contributed by atoms with Crippen molar-refractivity contribution in [2.24, 2.45) is 5.92 Å². The van der Waals surface area contributed by atoms with Gasteiger partial charge in [0.15, 0.2) is 0 Å². The normalized spacial score (nSPS) is 23.0. The summed E-state index contributed by atoms with van der Waals surface area (Å²) in [5.41, 5.74) is 1.72. The van der Waals surface area contributed by atoms with Gasteiger partial charge in [0, 0.05) is 61.9 Å². The zero-order valence-corrected chi connectivity index (χ0v) is 22.3. The summed E-state index contributed by atoms with van der Waals surface area (Å²) in [6.07, 6.45) is 4.72. The fourth-order valence-electron chi connectivity index (χ4n) is 5.91. The monoisotopic (exact) mass is 529 g/mol. The van der Waals surface area contributed by atoms with E-state index in [4.69, 9.17) is 9.47 Å². The van der Waals surface area contributed by atoms with Crippen molar-refractivity contribution in [2.45, 2.75) is 44.8 Å². The molecule has 204 valence electrons. The van der Waals surface area contributed by atoms with E-state index in [9.17, 15) is 9.59 Å². The van der Waals surface area contributed by atoms with Crippen LogP contribution in [0.4, 0.5) is 10.5 Å². The van der Waals surface area contributed by atoms with E-state index in [2.05, 4.69) is 20.5 Å². The van der Waals surface area contributed by atoms with Crippen LogP contribution < -0.4 is 15.4 Å². The number of pyridine rings is 1. The number of ether oxygens (including phenoxy) is 2. The van der Waals surface area contributed by atoms with Crippen LogP contribution in [0.5, 0.6) is 11.5 Å². The molecule has 1 saturated carbocycles. The molecule has 0 spiro atoms. The Bertz CT molecular complexity index is 1340. The number of fused-ring (bicyclic) bond motifs is 1. The predicted octanol–water partition coefficient (Wildman–Crippen LogP) is 4.38. The van der Waals surface area contributed by atoms with Crippen molar-refractivity contribution in [1.29, 1.82) is 0 Å². The second-order valence-electron chi connectivity index (χ2n) is 10.7. The Hall–Kier alpha value is -3.69. The number of benzene rings is 2. The summed E-state index contributed by atoms with van der Waals surface area (Å²) >= 11 is 0. The van der Waals surface area contributed by atoms with Gasteiger partial charge in [-0.3, -0.25) is 14.7 Å². The molecule has 2 N–H and O–H groups in total. The Morgan fingerprint density at radius 2 is 1.87 bits per heavy atom. The van der Waals surface area contributed by atoms with Crippen LogP contribution in [0.3, 0.4) is 0 Å². The van der Waals surface area contributed by atoms with Crippen molar-refractivity contribution in [1.82, 2.24) is 20.1 Å². The number of morpholine rings is 1. The number of likely N-dealkylation sites (tertiary alicyclic amines) is 1. The van der Waals surface area contributed by atoms with Gasteiger partial charge in [0.05, 0.1) is 30.8 Å². The number of nitrogens with one attached hydrogen (secondary N) is 2. The topological polar surface area (TPSA) is 96.0 Å². The minimum Gasteiger partial charge on any atom is -0.455 e. The Labute approximate surface area is 228 Å². The minimum atomic E-state index is -0.228. The van der Waals surface area contributed by atoms with Crippen LogP contribution in [-0.2, 0) is 16.1 Å². The lowest BCUT2D eigenvalue weighted by Crippen LogP contribution is -2.38. The van der Waals surface area contributed by atoms with Crippen LogP contribution in [0.15, 0.2) is 54.7 Å². The maximum atomic E-state index is 12.9. The van der Waals surface area contributed by atoms with Crippen molar-refractivity contribution >= 4 is 28.4 Å². The molecule has 1 aliphatic carbocycles. The number of hydrogen-bond donors (Lipinski definition) is 2. The van der Waals surface area contributed by atoms with E-state index in [1.807, 2.05) is 53.4 Å². The Morgan fingerprint density at radius 1 is 1.05 bits per heavy atom. The predicted molar refractivity (Wildman–Crippen MR) is 149 cm³/mol. The molecule has 3 unspecified atom stereocenters. The molecule has 3 heterocycles. The molecular weight excluding hydrogens is 494 g/mol. The molecule has 2 saturated heterocycles. The summed E-state index contributed by atoms with van der Waals surface area (Å²) in [4.78, 5) is 33.7. The average Bonchev–Trinajstić information content (AvgIpc) is 3.51. The number of aromatic nitrogens is 1. The summed E-state index contributed by atoms with van der Waals surface area (Å²) in [6, 6.07) is 15.7. The molecule has 2 aromatic carbocycles. The number of nitrogens with zero attached hydrogens (tertiary/aromatic N) is 3. The van der Waals surface area contributed by atoms with Crippen LogP contribution in [0.1, 0.15) is 31.9 Å². The maximum absolute atomic E-state index is 12.9. The third-order valence-corrected chi connectivity index (χ3v) is 8.00. The third-order valence-electron chi connectivity index (χ3n) is 8.00. The van der Waals surface area contributed by atoms with E-state index in [1.54, 1.807) is 13.1 Å². The van der Waals surface area contributed by atoms with Crippen molar-refractivity contribution in [2.75, 3.05) is 38.2 Å². The first-order valence-electron chi connectivity index (χ1n) is 13.8. The van der Waals surface area contributed by atoms with Gasteiger partial charge in [-0.1, -0.05) is 24.3 Å². The fourth-order valence-corrected chi connectivity index (χ4v) is 5.91. The van der Waals surface area contributed by atoms with Crippen molar-refractivity contribution in [3.05, 3.63) is 60.4 Å². The number of anilines is 1. The molecule has 3 aromatic rings. The van der Waals surface area contributed by atoms with Crippen molar-refractivity contribution in [3.8, 4) is 11.5 Å². The molecule has 2 aliphatic heterocycles. The molecule has 39 heavy (non-hydrogen) atoms. The summed E-state index contributed by atoms with van der Waals surface area (Å²) in [5, 5.41) is 7.93. The number of rotatable bonds is 7. The summed E-state index contributed by atoms with van der Waals surface area (Å²) < 4.78 is 11.6. The van der Waals surface area contributed by atoms with E-state index >= 15 is 0 Å². The van der Waals surface area contributed by atoms with E-state index < -0.39 is 0 Å². The Morgan fingerprint density at radius 3 is 2.64 bits per heavy atom. The molecule has 0 radical (unpaired) electrons. The molecule has 6 rings (SSSR count). The zero-order valence-electron chi connectivity index (χ0n) is 22.3. The second kappa shape index (κ2) is 11.2. The van der Waals surface area contributed by atoms with Crippen LogP contribution in [-0.4, -0.2) is 71.7 Å². The van der Waals surface area contributed by atoms with Gasteiger partial charge in [0.2, 0.25) is 5.91 Å². The summed E-state index contributed by atoms with van der Waals surface area (Å²) in [7, 11) is 0. The maximum Gasteiger partial charge on any atom is 0.319 e. The quantitative estimate of drug-likeness (QED) is 0.472. The number of carbonyl (C=O) groups excluding carboxylic acids is 2. The van der Waals surface area contributed by atoms with Gasteiger partial charge in [-0.05, 0) is 43.5 Å². The molecule has 1 aromatic heterocycles. The molecule has 0 bridgehead atoms. The van der Waals surface area contributed by atoms with Gasteiger partial charge >= 0.3 is 6.03 Å². The summed E-state index contributed by atoms with van der Waals surface area (Å²) in [5.74, 6) is 1.83. The van der Waals surface area contributed by atoms with E-state index in [0.29, 0.717) is 17.4 Å². The van der Waals surface area contributed by atoms with Gasteiger partial charge in [-0.2, -0.15) is 0 Å². The summed E-state index contributed by atoms with van der Waals surface area (Å²) in [6.45, 7) is 6.63. The van der Waals surface area contributed by atoms with Crippen molar-refractivity contribution in [3.63, 3.8) is 0 Å². The Kier molecular flexibility index (Phi) is 7.34. The largest absolute Gasteiger partial charge is 0.455 e. The van der Waals surface area contributed by atoms with E-state index in [0.717, 1.165) is 80.8 Å². The molecule has 3 fully saturated rings. The van der Waals surface area contributed by atoms with Crippen LogP contribution in [0, 0.1) is 5.92 Å². The SMILES string of the molecule is CC(=O)N1CCCC1C1CC1NC(=O)Nc1ccc(Oc2ccc(CN3CCOCC3)nc2)c2ccccc12. The highest BCUT2D eigenvalue weighted by molar-refractivity contribution is 6.04. The first kappa shape index (κ1) is 25.6. The Balaban J connectivity index is 1.09. The number of urea groups is 1. The lowest BCUT2D eigenvalue weighted by atomic mass is 10.1. The number of hydrogen-bond acceptors (Lipinski definition) is 6. The highest BCUT2D eigenvalue weighted by atomic mass is 16.5. The fraction of sp³-hybridized carbons (Fsp3) is 0.433. The van der Waals surface area contributed by atoms with Crippen LogP contribution in [0.2, 0.25) is 0 Å². The minimum absolute atomic E-state index is 0.0996. The number of carbonyl (C=O) groups is 2. The molecule has 9 heteroatoms. The zero-order chi connectivity index (χ0) is 26.8. The second-order valence-corrected chi connectivity index (χ2v) is 10.7. The van der Waals surface area contributed by atoms with Gasteiger partial charge in [-0.25, -0.2) is 4.79 Å². The van der Waals surface area contributed by atoms with Gasteiger partial charge in [0.25, 0.3) is 0 Å². The smallest absolute Gasteiger partial charge is 0.319 e.